The van der Waals surface area contributed by atoms with E-state index in [0.717, 1.165) is 17.0 Å². The first-order valence-corrected chi connectivity index (χ1v) is 7.37. The highest BCUT2D eigenvalue weighted by Gasteiger charge is 2.50. The van der Waals surface area contributed by atoms with E-state index in [1.54, 1.807) is 19.5 Å². The summed E-state index contributed by atoms with van der Waals surface area (Å²) in [4.78, 5) is 14.4. The predicted molar refractivity (Wildman–Crippen MR) is 83.6 cm³/mol. The highest BCUT2D eigenvalue weighted by molar-refractivity contribution is 6.03. The molecule has 2 atom stereocenters. The number of benzene rings is 1. The highest BCUT2D eigenvalue weighted by atomic mass is 16.5. The van der Waals surface area contributed by atoms with Crippen molar-refractivity contribution in [1.29, 1.82) is 0 Å². The summed E-state index contributed by atoms with van der Waals surface area (Å²) in [5.74, 6) is 1.19. The second kappa shape index (κ2) is 5.75. The van der Waals surface area contributed by atoms with E-state index >= 15 is 0 Å². The molecule has 1 fully saturated rings. The number of nitrogens with zero attached hydrogens (tertiary/aromatic N) is 3. The van der Waals surface area contributed by atoms with Crippen molar-refractivity contribution in [2.24, 2.45) is 11.8 Å². The van der Waals surface area contributed by atoms with Gasteiger partial charge < -0.3 is 9.64 Å². The van der Waals surface area contributed by atoms with Gasteiger partial charge >= 0.3 is 0 Å². The Balaban J connectivity index is 1.96. The number of hydrogen-bond acceptors (Lipinski definition) is 4. The Bertz CT molecular complexity index is 655. The average molecular weight is 297 g/mol. The number of methoxy groups -OCH3 is 1. The van der Waals surface area contributed by atoms with Gasteiger partial charge in [-0.2, -0.15) is 10.2 Å². The van der Waals surface area contributed by atoms with Gasteiger partial charge in [-0.05, 0) is 41.8 Å². The number of carbonyl (C=O) groups is 1. The molecule has 5 nitrogen and oxygen atoms in total. The van der Waals surface area contributed by atoms with Gasteiger partial charge in [0.15, 0.2) is 0 Å². The van der Waals surface area contributed by atoms with Crippen LogP contribution in [0.5, 0.6) is 5.75 Å². The van der Waals surface area contributed by atoms with Crippen molar-refractivity contribution in [3.8, 4) is 5.75 Å². The van der Waals surface area contributed by atoms with Gasteiger partial charge in [0.2, 0.25) is 5.91 Å². The van der Waals surface area contributed by atoms with Crippen molar-refractivity contribution < 1.29 is 9.53 Å². The maximum absolute atomic E-state index is 12.6. The van der Waals surface area contributed by atoms with Gasteiger partial charge in [-0.3, -0.25) is 4.79 Å². The van der Waals surface area contributed by atoms with Crippen LogP contribution in [0.2, 0.25) is 0 Å². The molecular weight excluding hydrogens is 278 g/mol. The van der Waals surface area contributed by atoms with Crippen molar-refractivity contribution in [3.05, 3.63) is 48.3 Å². The summed E-state index contributed by atoms with van der Waals surface area (Å²) in [5.41, 5.74) is 1.90. The molecule has 0 radical (unpaired) electrons. The number of hydrogen-bond donors (Lipinski definition) is 0. The monoisotopic (exact) mass is 297 g/mol. The molecule has 1 amide bonds. The molecule has 3 rings (SSSR count). The van der Waals surface area contributed by atoms with Gasteiger partial charge in [-0.15, -0.1) is 0 Å². The Hall–Kier alpha value is -2.43. The van der Waals surface area contributed by atoms with Gasteiger partial charge in [-0.25, -0.2) is 0 Å². The summed E-state index contributed by atoms with van der Waals surface area (Å²) in [6, 6.07) is 9.50. The number of ether oxygens (including phenoxy) is 1. The van der Waals surface area contributed by atoms with E-state index in [2.05, 4.69) is 24.0 Å². The van der Waals surface area contributed by atoms with Crippen LogP contribution in [-0.2, 0) is 4.79 Å². The van der Waals surface area contributed by atoms with Crippen molar-refractivity contribution in [2.45, 2.75) is 19.9 Å². The molecule has 2 heterocycles. The van der Waals surface area contributed by atoms with Crippen molar-refractivity contribution in [2.75, 3.05) is 12.0 Å². The molecule has 0 unspecified atom stereocenters. The van der Waals surface area contributed by atoms with Gasteiger partial charge in [-0.1, -0.05) is 13.8 Å². The standard InChI is InChI=1S/C17H19N3O2/c1-11(2)15-16(12-8-9-18-19-10-12)20(17(15)21)13-4-6-14(22-3)7-5-13/h4-11,15-16H,1-3H3/t15-,16-/m1/s1. The molecule has 0 aliphatic carbocycles. The van der Waals surface area contributed by atoms with Gasteiger partial charge in [0.1, 0.15) is 5.75 Å². The second-order valence-corrected chi connectivity index (χ2v) is 5.80. The molecule has 0 N–H and O–H groups in total. The lowest BCUT2D eigenvalue weighted by Crippen LogP contribution is -2.57. The number of anilines is 1. The zero-order chi connectivity index (χ0) is 15.7. The third-order valence-corrected chi connectivity index (χ3v) is 4.16. The first-order chi connectivity index (χ1) is 10.6. The predicted octanol–water partition coefficient (Wildman–Crippen LogP) is 2.85. The zero-order valence-corrected chi connectivity index (χ0v) is 12.9. The average Bonchev–Trinajstić information content (AvgIpc) is 2.53. The van der Waals surface area contributed by atoms with Crippen LogP contribution in [0.3, 0.4) is 0 Å². The number of amides is 1. The Kier molecular flexibility index (Phi) is 3.79. The van der Waals surface area contributed by atoms with E-state index in [0.29, 0.717) is 0 Å². The number of β-lactam (4-membered cyclic amide) rings is 1. The van der Waals surface area contributed by atoms with Crippen LogP contribution in [0.25, 0.3) is 0 Å². The second-order valence-electron chi connectivity index (χ2n) is 5.80. The minimum absolute atomic E-state index is 0.0106. The SMILES string of the molecule is COc1ccc(N2C(=O)[C@H](C(C)C)[C@H]2c2ccnnc2)cc1. The molecule has 5 heteroatoms. The van der Waals surface area contributed by atoms with E-state index in [1.807, 2.05) is 35.2 Å². The molecule has 114 valence electrons. The molecule has 0 bridgehead atoms. The van der Waals surface area contributed by atoms with Gasteiger partial charge in [0.05, 0.1) is 25.3 Å². The number of aromatic nitrogens is 2. The summed E-state index contributed by atoms with van der Waals surface area (Å²) in [5, 5.41) is 7.78. The smallest absolute Gasteiger partial charge is 0.233 e. The lowest BCUT2D eigenvalue weighted by molar-refractivity contribution is -0.132. The first-order valence-electron chi connectivity index (χ1n) is 7.37. The third kappa shape index (κ3) is 2.32. The molecular formula is C17H19N3O2. The fourth-order valence-electron chi connectivity index (χ4n) is 3.02. The lowest BCUT2D eigenvalue weighted by Gasteiger charge is -2.49. The Labute approximate surface area is 129 Å². The van der Waals surface area contributed by atoms with Crippen LogP contribution in [-0.4, -0.2) is 23.2 Å². The zero-order valence-electron chi connectivity index (χ0n) is 12.9. The summed E-state index contributed by atoms with van der Waals surface area (Å²) < 4.78 is 5.18. The Morgan fingerprint density at radius 1 is 1.14 bits per heavy atom. The molecule has 0 spiro atoms. The Morgan fingerprint density at radius 2 is 1.86 bits per heavy atom. The van der Waals surface area contributed by atoms with Crippen LogP contribution in [0.4, 0.5) is 5.69 Å². The lowest BCUT2D eigenvalue weighted by atomic mass is 9.75. The largest absolute Gasteiger partial charge is 0.497 e. The molecule has 2 aromatic rings. The topological polar surface area (TPSA) is 55.3 Å². The third-order valence-electron chi connectivity index (χ3n) is 4.16. The van der Waals surface area contributed by atoms with Crippen molar-refractivity contribution >= 4 is 11.6 Å². The quantitative estimate of drug-likeness (QED) is 0.814. The van der Waals surface area contributed by atoms with Crippen LogP contribution in [0.15, 0.2) is 42.7 Å². The van der Waals surface area contributed by atoms with Crippen molar-refractivity contribution in [3.63, 3.8) is 0 Å². The molecule has 1 aliphatic heterocycles. The van der Waals surface area contributed by atoms with E-state index < -0.39 is 0 Å². The Morgan fingerprint density at radius 3 is 2.41 bits per heavy atom. The molecule has 1 aliphatic rings. The number of rotatable bonds is 4. The molecule has 1 aromatic heterocycles. The van der Waals surface area contributed by atoms with Gasteiger partial charge in [0.25, 0.3) is 0 Å². The van der Waals surface area contributed by atoms with Crippen LogP contribution >= 0.6 is 0 Å². The first kappa shape index (κ1) is 14.5. The highest BCUT2D eigenvalue weighted by Crippen LogP contribution is 2.46. The molecule has 1 aromatic carbocycles. The number of carbonyl (C=O) groups excluding carboxylic acids is 1. The van der Waals surface area contributed by atoms with Crippen molar-refractivity contribution in [1.82, 2.24) is 10.2 Å². The fourth-order valence-corrected chi connectivity index (χ4v) is 3.02. The van der Waals surface area contributed by atoms with E-state index in [1.165, 1.54) is 0 Å². The maximum Gasteiger partial charge on any atom is 0.233 e. The van der Waals surface area contributed by atoms with E-state index in [4.69, 9.17) is 4.74 Å². The molecule has 0 saturated carbocycles. The van der Waals surface area contributed by atoms with E-state index in [9.17, 15) is 4.79 Å². The van der Waals surface area contributed by atoms with Crippen LogP contribution < -0.4 is 9.64 Å². The van der Waals surface area contributed by atoms with Gasteiger partial charge in [0, 0.05) is 11.9 Å². The minimum atomic E-state index is -0.0219. The maximum atomic E-state index is 12.6. The summed E-state index contributed by atoms with van der Waals surface area (Å²) in [7, 11) is 1.63. The summed E-state index contributed by atoms with van der Waals surface area (Å²) in [6.45, 7) is 4.16. The normalized spacial score (nSPS) is 20.9. The minimum Gasteiger partial charge on any atom is -0.497 e. The fraction of sp³-hybridized carbons (Fsp3) is 0.353. The summed E-state index contributed by atoms with van der Waals surface area (Å²) >= 11 is 0. The van der Waals surface area contributed by atoms with Crippen LogP contribution in [0, 0.1) is 11.8 Å². The van der Waals surface area contributed by atoms with Crippen LogP contribution in [0.1, 0.15) is 25.5 Å². The molecule has 22 heavy (non-hydrogen) atoms. The van der Waals surface area contributed by atoms with E-state index in [-0.39, 0.29) is 23.8 Å². The summed E-state index contributed by atoms with van der Waals surface area (Å²) in [6.07, 6.45) is 3.41. The molecule has 1 saturated heterocycles.